The Bertz CT molecular complexity index is 1220. The minimum Gasteiger partial charge on any atom is -0.383 e. The zero-order chi connectivity index (χ0) is 20.0. The standard InChI is InChI=1S/C21H18ClFN6/c22-18-1-2-19(23)17-10-26-20(6-15(17)18)16-5-12(7-27-21(16)24)13-8-28-29(11-13)14-3-4-25-9-14/h1-2,5-8,10-11,14,25H,3-4,9H2,(H2,24,27)/t14-/m1/s1. The molecule has 1 fully saturated rings. The first-order valence-corrected chi connectivity index (χ1v) is 9.73. The molecule has 1 aromatic carbocycles. The van der Waals surface area contributed by atoms with E-state index in [9.17, 15) is 4.39 Å². The Hall–Kier alpha value is -3.03. The molecular weight excluding hydrogens is 391 g/mol. The summed E-state index contributed by atoms with van der Waals surface area (Å²) >= 11 is 6.26. The van der Waals surface area contributed by atoms with Crippen molar-refractivity contribution in [2.24, 2.45) is 0 Å². The second-order valence-electron chi connectivity index (χ2n) is 7.16. The van der Waals surface area contributed by atoms with Crippen LogP contribution in [0.2, 0.25) is 5.02 Å². The van der Waals surface area contributed by atoms with Crippen LogP contribution in [0.4, 0.5) is 10.2 Å². The van der Waals surface area contributed by atoms with E-state index in [-0.39, 0.29) is 5.82 Å². The molecule has 0 unspecified atom stereocenters. The number of nitrogens with zero attached hydrogens (tertiary/aromatic N) is 4. The van der Waals surface area contributed by atoms with Crippen LogP contribution in [0.15, 0.2) is 49.1 Å². The minimum absolute atomic E-state index is 0.348. The van der Waals surface area contributed by atoms with Crippen LogP contribution in [-0.2, 0) is 0 Å². The number of rotatable bonds is 3. The maximum atomic E-state index is 14.0. The van der Waals surface area contributed by atoms with Gasteiger partial charge < -0.3 is 11.1 Å². The minimum atomic E-state index is -0.364. The molecule has 1 saturated heterocycles. The van der Waals surface area contributed by atoms with Gasteiger partial charge in [-0.15, -0.1) is 0 Å². The fraction of sp³-hybridized carbons (Fsp3) is 0.190. The lowest BCUT2D eigenvalue weighted by atomic mass is 10.0. The molecule has 8 heteroatoms. The SMILES string of the molecule is Nc1ncc(-c2cnn([C@@H]3CCNC3)c2)cc1-c1cc2c(Cl)ccc(F)c2cn1. The lowest BCUT2D eigenvalue weighted by Gasteiger charge is -2.09. The van der Waals surface area contributed by atoms with Crippen molar-refractivity contribution in [2.45, 2.75) is 12.5 Å². The Balaban J connectivity index is 1.56. The molecule has 0 bridgehead atoms. The zero-order valence-corrected chi connectivity index (χ0v) is 16.2. The second-order valence-corrected chi connectivity index (χ2v) is 7.56. The molecule has 0 aliphatic carbocycles. The van der Waals surface area contributed by atoms with E-state index >= 15 is 0 Å². The fourth-order valence-electron chi connectivity index (χ4n) is 3.71. The molecule has 146 valence electrons. The lowest BCUT2D eigenvalue weighted by molar-refractivity contribution is 0.491. The normalized spacial score (nSPS) is 16.6. The van der Waals surface area contributed by atoms with Crippen LogP contribution in [0.25, 0.3) is 33.2 Å². The number of hydrogen-bond acceptors (Lipinski definition) is 5. The van der Waals surface area contributed by atoms with Crippen molar-refractivity contribution in [1.29, 1.82) is 0 Å². The quantitative estimate of drug-likeness (QED) is 0.534. The van der Waals surface area contributed by atoms with Crippen LogP contribution >= 0.6 is 11.6 Å². The van der Waals surface area contributed by atoms with E-state index < -0.39 is 0 Å². The van der Waals surface area contributed by atoms with Gasteiger partial charge in [-0.05, 0) is 37.2 Å². The molecule has 1 atom stereocenters. The third-order valence-corrected chi connectivity index (χ3v) is 5.66. The number of pyridine rings is 2. The third kappa shape index (κ3) is 3.22. The van der Waals surface area contributed by atoms with E-state index in [1.54, 1.807) is 12.3 Å². The van der Waals surface area contributed by atoms with E-state index in [2.05, 4.69) is 20.4 Å². The van der Waals surface area contributed by atoms with Gasteiger partial charge in [0.2, 0.25) is 0 Å². The van der Waals surface area contributed by atoms with Crippen LogP contribution in [0.1, 0.15) is 12.5 Å². The van der Waals surface area contributed by atoms with E-state index in [0.717, 1.165) is 30.6 Å². The molecule has 0 amide bonds. The van der Waals surface area contributed by atoms with Crippen molar-refractivity contribution in [3.05, 3.63) is 59.9 Å². The van der Waals surface area contributed by atoms with Crippen LogP contribution in [0.3, 0.4) is 0 Å². The molecular formula is C21H18ClFN6. The second kappa shape index (κ2) is 7.09. The molecule has 4 aromatic rings. The molecule has 29 heavy (non-hydrogen) atoms. The summed E-state index contributed by atoms with van der Waals surface area (Å²) in [6.45, 7) is 1.93. The highest BCUT2D eigenvalue weighted by molar-refractivity contribution is 6.35. The van der Waals surface area contributed by atoms with Gasteiger partial charge in [-0.1, -0.05) is 11.6 Å². The van der Waals surface area contributed by atoms with E-state index in [1.165, 1.54) is 18.3 Å². The van der Waals surface area contributed by atoms with Crippen molar-refractivity contribution < 1.29 is 4.39 Å². The third-order valence-electron chi connectivity index (χ3n) is 5.33. The topological polar surface area (TPSA) is 81.6 Å². The summed E-state index contributed by atoms with van der Waals surface area (Å²) in [6, 6.07) is 6.90. The number of fused-ring (bicyclic) bond motifs is 1. The largest absolute Gasteiger partial charge is 0.383 e. The number of halogens is 2. The first kappa shape index (κ1) is 18.0. The number of benzene rings is 1. The smallest absolute Gasteiger partial charge is 0.132 e. The summed E-state index contributed by atoms with van der Waals surface area (Å²) in [5.41, 5.74) is 9.22. The first-order valence-electron chi connectivity index (χ1n) is 9.35. The number of anilines is 1. The summed E-state index contributed by atoms with van der Waals surface area (Å²) in [7, 11) is 0. The fourth-order valence-corrected chi connectivity index (χ4v) is 3.93. The van der Waals surface area contributed by atoms with Gasteiger partial charge in [0.1, 0.15) is 11.6 Å². The van der Waals surface area contributed by atoms with Crippen LogP contribution in [-0.4, -0.2) is 32.8 Å². The van der Waals surface area contributed by atoms with Crippen molar-refractivity contribution in [1.82, 2.24) is 25.1 Å². The molecule has 3 N–H and O–H groups in total. The Labute approximate surface area is 171 Å². The van der Waals surface area contributed by atoms with Crippen molar-refractivity contribution in [3.8, 4) is 22.4 Å². The summed E-state index contributed by atoms with van der Waals surface area (Å²) in [5.74, 6) is -0.0161. The Kier molecular flexibility index (Phi) is 4.41. The van der Waals surface area contributed by atoms with Gasteiger partial charge in [0.25, 0.3) is 0 Å². The van der Waals surface area contributed by atoms with Gasteiger partial charge >= 0.3 is 0 Å². The van der Waals surface area contributed by atoms with Gasteiger partial charge in [-0.2, -0.15) is 5.10 Å². The maximum absolute atomic E-state index is 14.0. The van der Waals surface area contributed by atoms with E-state index in [0.29, 0.717) is 38.9 Å². The number of nitrogens with two attached hydrogens (primary N) is 1. The van der Waals surface area contributed by atoms with Crippen molar-refractivity contribution in [3.63, 3.8) is 0 Å². The monoisotopic (exact) mass is 408 g/mol. The van der Waals surface area contributed by atoms with Crippen LogP contribution in [0, 0.1) is 5.82 Å². The van der Waals surface area contributed by atoms with Crippen LogP contribution < -0.4 is 11.1 Å². The molecule has 3 aromatic heterocycles. The molecule has 1 aliphatic heterocycles. The van der Waals surface area contributed by atoms with Gasteiger partial charge in [0.05, 0.1) is 17.9 Å². The number of aromatic nitrogens is 4. The Morgan fingerprint density at radius 3 is 2.83 bits per heavy atom. The molecule has 4 heterocycles. The van der Waals surface area contributed by atoms with E-state index in [4.69, 9.17) is 17.3 Å². The van der Waals surface area contributed by atoms with Crippen LogP contribution in [0.5, 0.6) is 0 Å². The highest BCUT2D eigenvalue weighted by atomic mass is 35.5. The summed E-state index contributed by atoms with van der Waals surface area (Å²) < 4.78 is 16.0. The number of nitrogens with one attached hydrogen (secondary N) is 1. The molecule has 6 nitrogen and oxygen atoms in total. The highest BCUT2D eigenvalue weighted by Crippen LogP contribution is 2.33. The number of hydrogen-bond donors (Lipinski definition) is 2. The lowest BCUT2D eigenvalue weighted by Crippen LogP contribution is -2.13. The van der Waals surface area contributed by atoms with Gasteiger partial charge in [-0.25, -0.2) is 9.37 Å². The number of nitrogen functional groups attached to an aromatic ring is 1. The molecule has 0 radical (unpaired) electrons. The molecule has 0 spiro atoms. The highest BCUT2D eigenvalue weighted by Gasteiger charge is 2.18. The average Bonchev–Trinajstić information content (AvgIpc) is 3.43. The Morgan fingerprint density at radius 2 is 2.00 bits per heavy atom. The van der Waals surface area contributed by atoms with Crippen molar-refractivity contribution in [2.75, 3.05) is 18.8 Å². The van der Waals surface area contributed by atoms with Gasteiger partial charge in [-0.3, -0.25) is 9.67 Å². The summed E-state index contributed by atoms with van der Waals surface area (Å²) in [4.78, 5) is 8.74. The maximum Gasteiger partial charge on any atom is 0.132 e. The summed E-state index contributed by atoms with van der Waals surface area (Å²) in [5, 5.41) is 9.26. The average molecular weight is 409 g/mol. The molecule has 5 rings (SSSR count). The van der Waals surface area contributed by atoms with E-state index in [1.807, 2.05) is 23.1 Å². The predicted octanol–water partition coefficient (Wildman–Crippen LogP) is 4.07. The predicted molar refractivity (Wildman–Crippen MR) is 112 cm³/mol. The molecule has 1 aliphatic rings. The van der Waals surface area contributed by atoms with Gasteiger partial charge in [0, 0.05) is 57.6 Å². The Morgan fingerprint density at radius 1 is 1.10 bits per heavy atom. The first-order chi connectivity index (χ1) is 14.1. The van der Waals surface area contributed by atoms with Gasteiger partial charge in [0.15, 0.2) is 0 Å². The summed E-state index contributed by atoms with van der Waals surface area (Å²) in [6.07, 6.45) is 8.11. The zero-order valence-electron chi connectivity index (χ0n) is 15.4. The molecule has 0 saturated carbocycles. The van der Waals surface area contributed by atoms with Crippen molar-refractivity contribution >= 4 is 28.2 Å².